The largest absolute Gasteiger partial charge is 0.480 e. The van der Waals surface area contributed by atoms with Gasteiger partial charge < -0.3 is 20.2 Å². The first-order valence-electron chi connectivity index (χ1n) is 6.18. The van der Waals surface area contributed by atoms with Gasteiger partial charge in [0.2, 0.25) is 0 Å². The lowest BCUT2D eigenvalue weighted by Crippen LogP contribution is -2.47. The highest BCUT2D eigenvalue weighted by Gasteiger charge is 2.22. The van der Waals surface area contributed by atoms with Crippen molar-refractivity contribution in [3.05, 3.63) is 12.7 Å². The van der Waals surface area contributed by atoms with Crippen LogP contribution in [0.4, 0.5) is 4.79 Å². The molecule has 0 radical (unpaired) electrons. The zero-order valence-corrected chi connectivity index (χ0v) is 12.3. The lowest BCUT2D eigenvalue weighted by Gasteiger charge is -2.29. The van der Waals surface area contributed by atoms with E-state index in [0.29, 0.717) is 6.54 Å². The van der Waals surface area contributed by atoms with Gasteiger partial charge in [-0.2, -0.15) is 0 Å². The van der Waals surface area contributed by atoms with Gasteiger partial charge in [-0.1, -0.05) is 19.9 Å². The standard InChI is InChI=1S/C13H25N3O3/c1-6-7-16(8-11(17)18)12(19)14-9-13(2,3)10-15(4)5/h6H,1,7-10H2,2-5H3,(H,14,19)(H,17,18). The van der Waals surface area contributed by atoms with Crippen LogP contribution in [0.1, 0.15) is 13.8 Å². The number of aliphatic carboxylic acids is 1. The lowest BCUT2D eigenvalue weighted by atomic mass is 9.93. The Morgan fingerprint density at radius 1 is 1.37 bits per heavy atom. The number of carbonyl (C=O) groups excluding carboxylic acids is 1. The summed E-state index contributed by atoms with van der Waals surface area (Å²) in [5, 5.41) is 11.5. The van der Waals surface area contributed by atoms with Crippen LogP contribution in [0.5, 0.6) is 0 Å². The number of urea groups is 1. The lowest BCUT2D eigenvalue weighted by molar-refractivity contribution is -0.137. The van der Waals surface area contributed by atoms with Gasteiger partial charge >= 0.3 is 12.0 Å². The molecule has 0 fully saturated rings. The van der Waals surface area contributed by atoms with Gasteiger partial charge in [0.1, 0.15) is 6.54 Å². The second-order valence-electron chi connectivity index (χ2n) is 5.62. The maximum absolute atomic E-state index is 11.9. The van der Waals surface area contributed by atoms with Crippen molar-refractivity contribution in [3.63, 3.8) is 0 Å². The molecular weight excluding hydrogens is 246 g/mol. The van der Waals surface area contributed by atoms with E-state index in [1.807, 2.05) is 32.8 Å². The van der Waals surface area contributed by atoms with E-state index in [1.165, 1.54) is 11.0 Å². The second kappa shape index (κ2) is 7.78. The van der Waals surface area contributed by atoms with Crippen molar-refractivity contribution >= 4 is 12.0 Å². The molecule has 0 heterocycles. The molecule has 6 heteroatoms. The molecule has 0 aliphatic rings. The minimum absolute atomic E-state index is 0.0811. The molecule has 2 amide bonds. The van der Waals surface area contributed by atoms with Crippen LogP contribution in [0, 0.1) is 5.41 Å². The number of carboxylic acid groups (broad SMARTS) is 1. The second-order valence-corrected chi connectivity index (χ2v) is 5.62. The van der Waals surface area contributed by atoms with E-state index in [1.54, 1.807) is 0 Å². The normalized spacial score (nSPS) is 11.2. The summed E-state index contributed by atoms with van der Waals surface area (Å²) in [7, 11) is 3.94. The van der Waals surface area contributed by atoms with Gasteiger partial charge in [0, 0.05) is 19.6 Å². The fourth-order valence-electron chi connectivity index (χ4n) is 1.88. The Balaban J connectivity index is 4.39. The molecule has 0 atom stereocenters. The average molecular weight is 271 g/mol. The van der Waals surface area contributed by atoms with Gasteiger partial charge in [0.15, 0.2) is 0 Å². The molecule has 0 saturated heterocycles. The molecule has 0 saturated carbocycles. The summed E-state index contributed by atoms with van der Waals surface area (Å²) in [5.74, 6) is -1.04. The number of hydrogen-bond acceptors (Lipinski definition) is 3. The molecule has 0 aromatic carbocycles. The topological polar surface area (TPSA) is 72.9 Å². The highest BCUT2D eigenvalue weighted by atomic mass is 16.4. The van der Waals surface area contributed by atoms with Crippen molar-refractivity contribution in [2.45, 2.75) is 13.8 Å². The molecule has 2 N–H and O–H groups in total. The summed E-state index contributed by atoms with van der Waals surface area (Å²) in [6, 6.07) is -0.380. The molecule has 0 unspecified atom stereocenters. The predicted octanol–water partition coefficient (Wildman–Crippen LogP) is 0.856. The van der Waals surface area contributed by atoms with Gasteiger partial charge in [-0.25, -0.2) is 4.79 Å². The molecule has 110 valence electrons. The Bertz CT molecular complexity index is 327. The third-order valence-electron chi connectivity index (χ3n) is 2.43. The quantitative estimate of drug-likeness (QED) is 0.642. The zero-order valence-electron chi connectivity index (χ0n) is 12.3. The van der Waals surface area contributed by atoms with Crippen molar-refractivity contribution in [2.75, 3.05) is 40.3 Å². The molecule has 0 aromatic rings. The van der Waals surface area contributed by atoms with Gasteiger partial charge in [-0.15, -0.1) is 6.58 Å². The highest BCUT2D eigenvalue weighted by molar-refractivity contribution is 5.80. The maximum Gasteiger partial charge on any atom is 0.323 e. The number of nitrogens with one attached hydrogen (secondary N) is 1. The van der Waals surface area contributed by atoms with E-state index in [0.717, 1.165) is 6.54 Å². The number of carboxylic acids is 1. The Morgan fingerprint density at radius 3 is 2.37 bits per heavy atom. The summed E-state index contributed by atoms with van der Waals surface area (Å²) in [6.45, 7) is 8.80. The van der Waals surface area contributed by atoms with Crippen molar-refractivity contribution in [3.8, 4) is 0 Å². The molecular formula is C13H25N3O3. The van der Waals surface area contributed by atoms with Gasteiger partial charge in [0.05, 0.1) is 0 Å². The van der Waals surface area contributed by atoms with E-state index in [4.69, 9.17) is 5.11 Å². The highest BCUT2D eigenvalue weighted by Crippen LogP contribution is 2.14. The molecule has 6 nitrogen and oxygen atoms in total. The number of hydrogen-bond donors (Lipinski definition) is 2. The number of carbonyl (C=O) groups is 2. The fourth-order valence-corrected chi connectivity index (χ4v) is 1.88. The van der Waals surface area contributed by atoms with Gasteiger partial charge in [-0.05, 0) is 19.5 Å². The minimum atomic E-state index is -1.04. The third-order valence-corrected chi connectivity index (χ3v) is 2.43. The van der Waals surface area contributed by atoms with E-state index in [-0.39, 0.29) is 24.5 Å². The van der Waals surface area contributed by atoms with Crippen molar-refractivity contribution in [1.29, 1.82) is 0 Å². The summed E-state index contributed by atoms with van der Waals surface area (Å²) < 4.78 is 0. The molecule has 0 rings (SSSR count). The average Bonchev–Trinajstić information content (AvgIpc) is 2.23. The van der Waals surface area contributed by atoms with Crippen molar-refractivity contribution < 1.29 is 14.7 Å². The molecule has 0 bridgehead atoms. The molecule has 0 aromatic heterocycles. The van der Waals surface area contributed by atoms with E-state index in [2.05, 4.69) is 11.9 Å². The minimum Gasteiger partial charge on any atom is -0.480 e. The SMILES string of the molecule is C=CCN(CC(=O)O)C(=O)NCC(C)(C)CN(C)C. The first-order valence-corrected chi connectivity index (χ1v) is 6.18. The fraction of sp³-hybridized carbons (Fsp3) is 0.692. The van der Waals surface area contributed by atoms with E-state index >= 15 is 0 Å². The van der Waals surface area contributed by atoms with Gasteiger partial charge in [-0.3, -0.25) is 4.79 Å². The summed E-state index contributed by atoms with van der Waals surface area (Å²) in [5.41, 5.74) is -0.0811. The zero-order chi connectivity index (χ0) is 15.1. The first-order chi connectivity index (χ1) is 8.68. The summed E-state index contributed by atoms with van der Waals surface area (Å²) in [4.78, 5) is 25.8. The van der Waals surface area contributed by atoms with E-state index in [9.17, 15) is 9.59 Å². The van der Waals surface area contributed by atoms with Crippen LogP contribution < -0.4 is 5.32 Å². The molecule has 0 aliphatic heterocycles. The Kier molecular flexibility index (Phi) is 7.14. The Hall–Kier alpha value is -1.56. The maximum atomic E-state index is 11.9. The monoisotopic (exact) mass is 271 g/mol. The van der Waals surface area contributed by atoms with Crippen LogP contribution in [-0.2, 0) is 4.79 Å². The van der Waals surface area contributed by atoms with Crippen LogP contribution in [0.25, 0.3) is 0 Å². The third kappa shape index (κ3) is 8.20. The van der Waals surface area contributed by atoms with Crippen LogP contribution in [0.2, 0.25) is 0 Å². The Labute approximate surface area is 115 Å². The first kappa shape index (κ1) is 17.4. The molecule has 19 heavy (non-hydrogen) atoms. The summed E-state index contributed by atoms with van der Waals surface area (Å²) in [6.07, 6.45) is 1.51. The molecule has 0 spiro atoms. The van der Waals surface area contributed by atoms with Gasteiger partial charge in [0.25, 0.3) is 0 Å². The van der Waals surface area contributed by atoms with Crippen molar-refractivity contribution in [2.24, 2.45) is 5.41 Å². The van der Waals surface area contributed by atoms with Crippen molar-refractivity contribution in [1.82, 2.24) is 15.1 Å². The smallest absolute Gasteiger partial charge is 0.323 e. The number of nitrogens with zero attached hydrogens (tertiary/aromatic N) is 2. The van der Waals surface area contributed by atoms with Crippen LogP contribution in [0.3, 0.4) is 0 Å². The molecule has 0 aliphatic carbocycles. The van der Waals surface area contributed by atoms with Crippen LogP contribution in [-0.4, -0.2) is 67.2 Å². The van der Waals surface area contributed by atoms with E-state index < -0.39 is 5.97 Å². The number of amides is 2. The summed E-state index contributed by atoms with van der Waals surface area (Å²) >= 11 is 0. The Morgan fingerprint density at radius 2 is 1.95 bits per heavy atom. The van der Waals surface area contributed by atoms with Crippen LogP contribution in [0.15, 0.2) is 12.7 Å². The number of rotatable bonds is 8. The van der Waals surface area contributed by atoms with Crippen LogP contribution >= 0.6 is 0 Å². The predicted molar refractivity (Wildman–Crippen MR) is 75.1 cm³/mol.